The number of hydrogen-bond acceptors (Lipinski definition) is 14. The lowest BCUT2D eigenvalue weighted by atomic mass is 9.89. The van der Waals surface area contributed by atoms with E-state index in [1.54, 1.807) is 30.4 Å². The number of amides is 1. The van der Waals surface area contributed by atoms with Gasteiger partial charge in [-0.25, -0.2) is 13.7 Å². The molecule has 59 heavy (non-hydrogen) atoms. The number of nitrogens with zero attached hydrogens (tertiary/aromatic N) is 4. The Morgan fingerprint density at radius 3 is 2.47 bits per heavy atom. The molecule has 0 aliphatic carbocycles. The van der Waals surface area contributed by atoms with Crippen LogP contribution in [0.5, 0.6) is 0 Å². The third kappa shape index (κ3) is 10.4. The normalized spacial score (nSPS) is 14.2. The van der Waals surface area contributed by atoms with Gasteiger partial charge in [-0.05, 0) is 78.8 Å². The summed E-state index contributed by atoms with van der Waals surface area (Å²) in [5.74, 6) is -0.486. The molecule has 0 unspecified atom stereocenters. The number of anilines is 2. The highest BCUT2D eigenvalue weighted by atomic mass is 32.2. The molecular weight excluding hydrogens is 859 g/mol. The summed E-state index contributed by atoms with van der Waals surface area (Å²) in [4.78, 5) is 32.1. The molecule has 0 atom stereocenters. The lowest BCUT2D eigenvalue weighted by Gasteiger charge is -2.35. The van der Waals surface area contributed by atoms with Gasteiger partial charge in [0.1, 0.15) is 7.05 Å². The minimum atomic E-state index is -4.58. The Morgan fingerprint density at radius 2 is 1.76 bits per heavy atom. The Kier molecular flexibility index (Phi) is 13.6. The minimum absolute atomic E-state index is 0.113. The first-order valence-electron chi connectivity index (χ1n) is 17.5. The number of thiocarbonyl (C=S) groups is 1. The van der Waals surface area contributed by atoms with Crippen LogP contribution in [0.4, 0.5) is 17.1 Å². The zero-order valence-corrected chi connectivity index (χ0v) is 35.6. The fourth-order valence-corrected chi connectivity index (χ4v) is 9.02. The van der Waals surface area contributed by atoms with E-state index in [-0.39, 0.29) is 30.2 Å². The summed E-state index contributed by atoms with van der Waals surface area (Å²) in [7, 11) is -6.48. The summed E-state index contributed by atoms with van der Waals surface area (Å²) < 4.78 is 68.5. The van der Waals surface area contributed by atoms with Gasteiger partial charge in [-0.15, -0.1) is 15.7 Å². The molecule has 0 saturated carbocycles. The molecule has 3 heterocycles. The summed E-state index contributed by atoms with van der Waals surface area (Å²) >= 11 is 6.73. The molecule has 5 aromatic rings. The topological polar surface area (TPSA) is 198 Å². The highest BCUT2D eigenvalue weighted by Gasteiger charge is 2.28. The Labute approximate surface area is 352 Å². The molecular formula is C39H36N5O10S5+. The van der Waals surface area contributed by atoms with Crippen LogP contribution < -0.4 is 28.9 Å². The number of nitrogens with one attached hydrogen (secondary N) is 1. The highest BCUT2D eigenvalue weighted by molar-refractivity contribution is 7.94. The van der Waals surface area contributed by atoms with E-state index in [9.17, 15) is 31.0 Å². The van der Waals surface area contributed by atoms with Gasteiger partial charge in [-0.3, -0.25) is 23.4 Å². The molecule has 1 aliphatic rings. The second-order valence-electron chi connectivity index (χ2n) is 13.1. The van der Waals surface area contributed by atoms with E-state index < -0.39 is 31.6 Å². The van der Waals surface area contributed by atoms with Crippen molar-refractivity contribution in [2.24, 2.45) is 12.0 Å². The number of carbonyl (C=O) groups is 1. The monoisotopic (exact) mass is 894 g/mol. The maximum Gasteiger partial charge on any atom is 0.294 e. The first-order chi connectivity index (χ1) is 28.1. The van der Waals surface area contributed by atoms with E-state index >= 15 is 0 Å². The van der Waals surface area contributed by atoms with Crippen LogP contribution in [-0.4, -0.2) is 60.8 Å². The smallest absolute Gasteiger partial charge is 0.294 e. The summed E-state index contributed by atoms with van der Waals surface area (Å²) in [6, 6.07) is 19.5. The molecule has 0 bridgehead atoms. The van der Waals surface area contributed by atoms with E-state index in [0.29, 0.717) is 37.4 Å². The first-order valence-corrected chi connectivity index (χ1v) is 23.0. The molecule has 20 heteroatoms. The van der Waals surface area contributed by atoms with Gasteiger partial charge in [0.2, 0.25) is 27.1 Å². The highest BCUT2D eigenvalue weighted by Crippen LogP contribution is 2.46. The minimum Gasteiger partial charge on any atom is -0.340 e. The Hall–Kier alpha value is -5.12. The quantitative estimate of drug-likeness (QED) is 0.0205. The molecule has 0 spiro atoms. The zero-order chi connectivity index (χ0) is 42.5. The van der Waals surface area contributed by atoms with Crippen molar-refractivity contribution < 1.29 is 45.4 Å². The van der Waals surface area contributed by atoms with Crippen molar-refractivity contribution >= 4 is 119 Å². The number of sulfonamides is 1. The molecule has 0 saturated heterocycles. The number of carbonyl (C=O) groups excluding carboxylic acids is 1. The zero-order valence-electron chi connectivity index (χ0n) is 31.6. The molecule has 3 aromatic carbocycles. The maximum absolute atomic E-state index is 14.0. The second-order valence-corrected chi connectivity index (χ2v) is 18.3. The van der Waals surface area contributed by atoms with Crippen LogP contribution in [0.1, 0.15) is 28.8 Å². The van der Waals surface area contributed by atoms with E-state index in [1.165, 1.54) is 16.7 Å². The number of isothiocyanates is 1. The number of thiazole rings is 1. The second kappa shape index (κ2) is 18.4. The number of aryl methyl sites for hydroxylation is 2. The largest absolute Gasteiger partial charge is 0.340 e. The molecule has 15 nitrogen and oxygen atoms in total. The standard InChI is InChI=1S/C39H35N5O10S5/c1-25-7-12-31-30(32-13-11-29(59(50,51)52)23-35(32)43(34(31)21-25)19-20-56-54-53-47)14-16-36-39(46)44(18-17-37(45)41-58(3,48)49)38(57-36)6-4-5-28-10-8-26-22-27(40-24-55)9-15-33(26)42(28)2/h4-16,21-23H,17-20H2,1-3H3,(H2-,41,45,47,50,51,52)/p+1. The number of hydrogen-bond donors (Lipinski definition) is 3. The van der Waals surface area contributed by atoms with E-state index in [0.717, 1.165) is 57.4 Å². The average Bonchev–Trinajstić information content (AvgIpc) is 3.47. The molecule has 0 radical (unpaired) electrons. The van der Waals surface area contributed by atoms with Crippen LogP contribution >= 0.6 is 35.6 Å². The lowest BCUT2D eigenvalue weighted by molar-refractivity contribution is -0.646. The van der Waals surface area contributed by atoms with E-state index in [4.69, 9.17) is 17.5 Å². The van der Waals surface area contributed by atoms with Gasteiger partial charge < -0.3 is 4.90 Å². The first kappa shape index (κ1) is 43.5. The molecule has 6 rings (SSSR count). The predicted molar refractivity (Wildman–Crippen MR) is 232 cm³/mol. The molecule has 3 N–H and O–H groups in total. The van der Waals surface area contributed by atoms with Gasteiger partial charge in [0, 0.05) is 77.7 Å². The van der Waals surface area contributed by atoms with Crippen molar-refractivity contribution in [2.75, 3.05) is 23.5 Å². The third-order valence-electron chi connectivity index (χ3n) is 9.13. The van der Waals surface area contributed by atoms with Gasteiger partial charge in [0.25, 0.3) is 15.7 Å². The van der Waals surface area contributed by atoms with Crippen LogP contribution in [0.2, 0.25) is 0 Å². The summed E-state index contributed by atoms with van der Waals surface area (Å²) in [6.45, 7) is 2.07. The van der Waals surface area contributed by atoms with Crippen molar-refractivity contribution in [1.29, 1.82) is 0 Å². The van der Waals surface area contributed by atoms with Gasteiger partial charge in [0.05, 0.1) is 36.9 Å². The average molecular weight is 895 g/mol. The SMILES string of the molecule is Cc1ccc2c(c1)N(CCSOOO)c1cc(S(=O)(=O)O)ccc1C2=CC=c1sc(=CC=Cc2ccc3cc(N=C=S)ccc3[n+]2C)n(CCC(=O)NS(C)(=O)=O)c1=O. The number of aromatic nitrogens is 2. The van der Waals surface area contributed by atoms with Crippen molar-refractivity contribution in [1.82, 2.24) is 9.29 Å². The number of allylic oxidation sites excluding steroid dienone is 2. The van der Waals surface area contributed by atoms with Crippen molar-refractivity contribution in [3.63, 3.8) is 0 Å². The van der Waals surface area contributed by atoms with Crippen LogP contribution in [0, 0.1) is 6.92 Å². The van der Waals surface area contributed by atoms with Gasteiger partial charge in [-0.2, -0.15) is 18.0 Å². The van der Waals surface area contributed by atoms with Crippen LogP contribution in [-0.2, 0) is 47.9 Å². The lowest BCUT2D eigenvalue weighted by Crippen LogP contribution is -2.35. The molecule has 0 fully saturated rings. The van der Waals surface area contributed by atoms with Crippen LogP contribution in [0.15, 0.2) is 93.6 Å². The fraction of sp³-hybridized carbons (Fsp3) is 0.179. The van der Waals surface area contributed by atoms with E-state index in [2.05, 4.69) is 19.5 Å². The summed E-state index contributed by atoms with van der Waals surface area (Å²) in [6.07, 6.45) is 9.36. The van der Waals surface area contributed by atoms with Gasteiger partial charge in [-0.1, -0.05) is 35.4 Å². The number of pyridine rings is 1. The van der Waals surface area contributed by atoms with Gasteiger partial charge >= 0.3 is 0 Å². The Balaban J connectivity index is 1.47. The molecule has 306 valence electrons. The molecule has 2 aromatic heterocycles. The summed E-state index contributed by atoms with van der Waals surface area (Å²) in [5, 5.41) is 15.6. The number of rotatable bonds is 14. The van der Waals surface area contributed by atoms with Crippen LogP contribution in [0.25, 0.3) is 34.7 Å². The Bertz CT molecular complexity index is 3010. The predicted octanol–water partition coefficient (Wildman–Crippen LogP) is 4.57. The third-order valence-corrected chi connectivity index (χ3v) is 12.3. The van der Waals surface area contributed by atoms with E-state index in [1.807, 2.05) is 82.8 Å². The van der Waals surface area contributed by atoms with Gasteiger partial charge in [0.15, 0.2) is 0 Å². The number of fused-ring (bicyclic) bond motifs is 3. The summed E-state index contributed by atoms with van der Waals surface area (Å²) in [5.41, 5.74) is 6.13. The van der Waals surface area contributed by atoms with Crippen molar-refractivity contribution in [3.8, 4) is 0 Å². The number of benzene rings is 3. The van der Waals surface area contributed by atoms with Crippen molar-refractivity contribution in [2.45, 2.75) is 24.8 Å². The Morgan fingerprint density at radius 1 is 1.02 bits per heavy atom. The molecule has 1 amide bonds. The molecule has 1 aliphatic heterocycles. The fourth-order valence-electron chi connectivity index (χ4n) is 6.54. The maximum atomic E-state index is 14.0. The van der Waals surface area contributed by atoms with Crippen molar-refractivity contribution in [3.05, 3.63) is 121 Å². The van der Waals surface area contributed by atoms with Crippen LogP contribution in [0.3, 0.4) is 0 Å². The number of aliphatic imine (C=N–C) groups is 1.